The van der Waals surface area contributed by atoms with Crippen LogP contribution >= 0.6 is 15.6 Å². The van der Waals surface area contributed by atoms with Gasteiger partial charge in [0, 0.05) is 0 Å². The quantitative estimate of drug-likeness (QED) is 0.261. The van der Waals surface area contributed by atoms with Crippen LogP contribution in [-0.2, 0) is 32.3 Å². The highest BCUT2D eigenvalue weighted by Crippen LogP contribution is 2.57. The Morgan fingerprint density at radius 3 is 1.88 bits per heavy atom. The average molecular weight is 292 g/mol. The number of rotatable bonds is 6. The first-order valence-electron chi connectivity index (χ1n) is 3.51. The second-order valence-electron chi connectivity index (χ2n) is 2.41. The van der Waals surface area contributed by atoms with Gasteiger partial charge in [0.05, 0.1) is 0 Å². The van der Waals surface area contributed by atoms with Crippen LogP contribution in [-0.4, -0.2) is 37.5 Å². The van der Waals surface area contributed by atoms with E-state index in [2.05, 4.69) is 8.83 Å². The molecule has 0 aromatic carbocycles. The zero-order chi connectivity index (χ0) is 13.9. The summed E-state index contributed by atoms with van der Waals surface area (Å²) >= 11 is 0. The van der Waals surface area contributed by atoms with Gasteiger partial charge in [0.25, 0.3) is 5.78 Å². The fourth-order valence-electron chi connectivity index (χ4n) is 0.519. The molecular formula is C4H6O11P2. The van der Waals surface area contributed by atoms with Crippen molar-refractivity contribution in [1.82, 2.24) is 0 Å². The van der Waals surface area contributed by atoms with Gasteiger partial charge in [-0.05, 0) is 0 Å². The van der Waals surface area contributed by atoms with Gasteiger partial charge >= 0.3 is 27.6 Å². The smallest absolute Gasteiger partial charge is 0.475 e. The van der Waals surface area contributed by atoms with Gasteiger partial charge in [0.15, 0.2) is 0 Å². The Hall–Kier alpha value is -1.09. The lowest BCUT2D eigenvalue weighted by atomic mass is 10.3. The molecule has 0 saturated carbocycles. The summed E-state index contributed by atoms with van der Waals surface area (Å²) in [7, 11) is -10.8. The van der Waals surface area contributed by atoms with Crippen molar-refractivity contribution >= 4 is 33.4 Å². The van der Waals surface area contributed by atoms with Crippen LogP contribution in [0, 0.1) is 0 Å². The Morgan fingerprint density at radius 1 is 1.06 bits per heavy atom. The molecule has 0 aliphatic rings. The number of phosphoric ester groups is 1. The van der Waals surface area contributed by atoms with E-state index < -0.39 is 39.8 Å². The molecule has 0 aliphatic carbocycles. The van der Waals surface area contributed by atoms with E-state index in [1.54, 1.807) is 0 Å². The lowest BCUT2D eigenvalue weighted by Gasteiger charge is -2.11. The van der Waals surface area contributed by atoms with Crippen LogP contribution in [0.5, 0.6) is 0 Å². The van der Waals surface area contributed by atoms with E-state index in [0.29, 0.717) is 0 Å². The molecule has 0 bridgehead atoms. The van der Waals surface area contributed by atoms with Crippen LogP contribution in [0.4, 0.5) is 0 Å². The number of ketones is 1. The number of carbonyl (C=O) groups excluding carboxylic acids is 2. The molecule has 0 heterocycles. The molecule has 1 atom stereocenters. The van der Waals surface area contributed by atoms with Gasteiger partial charge in [0.1, 0.15) is 6.42 Å². The number of carbonyl (C=O) groups is 3. The number of carboxylic acids is 1. The highest BCUT2D eigenvalue weighted by Gasteiger charge is 2.36. The molecule has 98 valence electrons. The first-order chi connectivity index (χ1) is 7.43. The topological polar surface area (TPSA) is 185 Å². The Balaban J connectivity index is 4.49. The van der Waals surface area contributed by atoms with E-state index in [0.717, 1.165) is 0 Å². The molecule has 4 N–H and O–H groups in total. The van der Waals surface area contributed by atoms with Crippen LogP contribution in [0.15, 0.2) is 0 Å². The van der Waals surface area contributed by atoms with Crippen LogP contribution < -0.4 is 0 Å². The molecule has 11 nitrogen and oxygen atoms in total. The highest BCUT2D eigenvalue weighted by atomic mass is 31.3. The predicted octanol–water partition coefficient (Wildman–Crippen LogP) is -1.22. The number of Topliss-reactive ketones (excluding diaryl/α,β-unsaturated/α-hetero) is 1. The minimum Gasteiger partial charge on any atom is -0.475 e. The number of phosphoric acid groups is 2. The molecule has 13 heteroatoms. The number of hydrogen-bond donors (Lipinski definition) is 4. The largest absolute Gasteiger partial charge is 0.538 e. The summed E-state index contributed by atoms with van der Waals surface area (Å²) in [6.45, 7) is 0. The summed E-state index contributed by atoms with van der Waals surface area (Å²) in [4.78, 5) is 56.0. The Morgan fingerprint density at radius 2 is 1.53 bits per heavy atom. The maximum absolute atomic E-state index is 10.7. The first-order valence-corrected chi connectivity index (χ1v) is 6.54. The highest BCUT2D eigenvalue weighted by molar-refractivity contribution is 7.61. The van der Waals surface area contributed by atoms with Crippen LogP contribution in [0.1, 0.15) is 6.42 Å². The lowest BCUT2D eigenvalue weighted by molar-refractivity contribution is -0.152. The normalized spacial score (nSPS) is 14.8. The third-order valence-electron chi connectivity index (χ3n) is 0.970. The van der Waals surface area contributed by atoms with Gasteiger partial charge in [-0.25, -0.2) is 13.9 Å². The fraction of sp³-hybridized carbons (Fsp3) is 0.250. The summed E-state index contributed by atoms with van der Waals surface area (Å²) in [6.07, 6.45) is -1.38. The molecule has 0 aromatic rings. The standard InChI is InChI=1S/C4H6O11P2/c5-2(4(7)8)1-3(6)14-17(12,13)15-16(9,10)11/h1H2,(H,7,8)(H,12,13)(H2,9,10,11). The zero-order valence-corrected chi connectivity index (χ0v) is 9.54. The van der Waals surface area contributed by atoms with Gasteiger partial charge in [0.2, 0.25) is 0 Å². The molecular weight excluding hydrogens is 286 g/mol. The summed E-state index contributed by atoms with van der Waals surface area (Å²) in [5, 5.41) is 8.07. The van der Waals surface area contributed by atoms with Crippen molar-refractivity contribution in [1.29, 1.82) is 0 Å². The second kappa shape index (κ2) is 5.50. The number of aliphatic carboxylic acids is 1. The SMILES string of the molecule is O=C(CC(=O)C(=O)O)OP(=O)(O)OP(=O)(O)O. The van der Waals surface area contributed by atoms with E-state index >= 15 is 0 Å². The van der Waals surface area contributed by atoms with Gasteiger partial charge in [-0.1, -0.05) is 0 Å². The van der Waals surface area contributed by atoms with Gasteiger partial charge in [-0.2, -0.15) is 4.31 Å². The van der Waals surface area contributed by atoms with Crippen LogP contribution in [0.2, 0.25) is 0 Å². The molecule has 17 heavy (non-hydrogen) atoms. The average Bonchev–Trinajstić information content (AvgIpc) is 1.96. The predicted molar refractivity (Wildman–Crippen MR) is 46.3 cm³/mol. The fourth-order valence-corrected chi connectivity index (χ4v) is 2.05. The summed E-state index contributed by atoms with van der Waals surface area (Å²) in [5.41, 5.74) is 0. The van der Waals surface area contributed by atoms with Crippen molar-refractivity contribution in [2.45, 2.75) is 6.42 Å². The van der Waals surface area contributed by atoms with Crippen molar-refractivity contribution in [3.63, 3.8) is 0 Å². The maximum atomic E-state index is 10.7. The summed E-state index contributed by atoms with van der Waals surface area (Å²) < 4.78 is 27.6. The molecule has 1 unspecified atom stereocenters. The maximum Gasteiger partial charge on any atom is 0.538 e. The molecule has 0 radical (unpaired) electrons. The van der Waals surface area contributed by atoms with E-state index in [1.165, 1.54) is 0 Å². The van der Waals surface area contributed by atoms with E-state index in [1.807, 2.05) is 0 Å². The molecule has 0 amide bonds. The van der Waals surface area contributed by atoms with Crippen molar-refractivity contribution < 1.29 is 52.1 Å². The van der Waals surface area contributed by atoms with E-state index in [-0.39, 0.29) is 0 Å². The van der Waals surface area contributed by atoms with Crippen molar-refractivity contribution in [2.75, 3.05) is 0 Å². The first kappa shape index (κ1) is 15.9. The monoisotopic (exact) mass is 292 g/mol. The Bertz CT molecular complexity index is 431. The molecule has 0 saturated heterocycles. The lowest BCUT2D eigenvalue weighted by Crippen LogP contribution is -2.18. The van der Waals surface area contributed by atoms with Crippen LogP contribution in [0.25, 0.3) is 0 Å². The third kappa shape index (κ3) is 7.75. The molecule has 0 aliphatic heterocycles. The number of hydrogen-bond acceptors (Lipinski definition) is 7. The van der Waals surface area contributed by atoms with E-state index in [9.17, 15) is 23.5 Å². The Labute approximate surface area is 92.8 Å². The number of carboxylic acid groups (broad SMARTS) is 1. The van der Waals surface area contributed by atoms with Crippen LogP contribution in [0.3, 0.4) is 0 Å². The molecule has 0 rings (SSSR count). The van der Waals surface area contributed by atoms with Crippen molar-refractivity contribution in [2.24, 2.45) is 0 Å². The second-order valence-corrected chi connectivity index (χ2v) is 5.16. The van der Waals surface area contributed by atoms with Gasteiger partial charge in [-0.3, -0.25) is 14.5 Å². The zero-order valence-electron chi connectivity index (χ0n) is 7.75. The minimum atomic E-state index is -5.41. The Kier molecular flexibility index (Phi) is 5.14. The molecule has 0 fully saturated rings. The summed E-state index contributed by atoms with van der Waals surface area (Å²) in [5.74, 6) is -5.39. The molecule has 0 spiro atoms. The minimum absolute atomic E-state index is 1.38. The summed E-state index contributed by atoms with van der Waals surface area (Å²) in [6, 6.07) is 0. The van der Waals surface area contributed by atoms with E-state index in [4.69, 9.17) is 19.8 Å². The van der Waals surface area contributed by atoms with Gasteiger partial charge in [-0.15, -0.1) is 0 Å². The van der Waals surface area contributed by atoms with Gasteiger partial charge < -0.3 is 19.4 Å². The molecule has 0 aromatic heterocycles. The van der Waals surface area contributed by atoms with Crippen molar-refractivity contribution in [3.8, 4) is 0 Å². The third-order valence-corrected chi connectivity index (χ3v) is 3.08. The van der Waals surface area contributed by atoms with Crippen molar-refractivity contribution in [3.05, 3.63) is 0 Å².